The summed E-state index contributed by atoms with van der Waals surface area (Å²) in [5.74, 6) is -0.289. The lowest BCUT2D eigenvalue weighted by Crippen LogP contribution is -2.26. The minimum Gasteiger partial charge on any atom is -0.493 e. The van der Waals surface area contributed by atoms with Crippen LogP contribution in [0.4, 0.5) is 0 Å². The van der Waals surface area contributed by atoms with Crippen molar-refractivity contribution in [1.82, 2.24) is 5.32 Å². The highest BCUT2D eigenvalue weighted by Gasteiger charge is 2.29. The molecule has 8 heteroatoms. The molecule has 0 fully saturated rings. The first-order chi connectivity index (χ1) is 14.3. The van der Waals surface area contributed by atoms with E-state index in [0.29, 0.717) is 46.8 Å². The quantitative estimate of drug-likeness (QED) is 0.775. The van der Waals surface area contributed by atoms with Gasteiger partial charge in [-0.1, -0.05) is 6.07 Å². The van der Waals surface area contributed by atoms with Crippen molar-refractivity contribution >= 4 is 11.9 Å². The number of fused-ring (bicyclic) bond motifs is 3. The Labute approximate surface area is 173 Å². The zero-order valence-electron chi connectivity index (χ0n) is 17.2. The number of carbonyl (C=O) groups excluding carboxylic acids is 1. The maximum atomic E-state index is 12.6. The molecule has 1 aliphatic rings. The lowest BCUT2D eigenvalue weighted by molar-refractivity contribution is -0.119. The summed E-state index contributed by atoms with van der Waals surface area (Å²) in [5, 5.41) is 12.3. The average molecular weight is 413 g/mol. The summed E-state index contributed by atoms with van der Waals surface area (Å²) in [5.41, 5.74) is 1.65. The third-order valence-corrected chi connectivity index (χ3v) is 5.15. The van der Waals surface area contributed by atoms with Crippen molar-refractivity contribution in [2.45, 2.75) is 25.8 Å². The van der Waals surface area contributed by atoms with Crippen molar-refractivity contribution in [2.24, 2.45) is 0 Å². The molecule has 2 N–H and O–H groups in total. The first-order valence-electron chi connectivity index (χ1n) is 9.33. The third-order valence-electron chi connectivity index (χ3n) is 5.15. The molecule has 0 spiro atoms. The second-order valence-electron chi connectivity index (χ2n) is 6.90. The fourth-order valence-electron chi connectivity index (χ4n) is 3.88. The number of methoxy groups -OCH3 is 3. The molecule has 158 valence electrons. The molecule has 1 atom stereocenters. The summed E-state index contributed by atoms with van der Waals surface area (Å²) in [6.07, 6.45) is 1.07. The van der Waals surface area contributed by atoms with E-state index in [0.717, 1.165) is 5.56 Å². The Kier molecular flexibility index (Phi) is 5.96. The second-order valence-corrected chi connectivity index (χ2v) is 6.90. The van der Waals surface area contributed by atoms with Gasteiger partial charge in [0.1, 0.15) is 5.56 Å². The molecule has 2 aromatic carbocycles. The number of carboxylic acids is 1. The van der Waals surface area contributed by atoms with Crippen molar-refractivity contribution in [1.29, 1.82) is 0 Å². The van der Waals surface area contributed by atoms with Gasteiger partial charge in [-0.3, -0.25) is 9.59 Å². The molecular weight excluding hydrogens is 390 g/mol. The standard InChI is InChI=1S/C22H23NO7/c1-11(24)23-16-8-5-12-9-18(28-2)20(29-3)21(30-4)19(12)13-6-7-14(22(26)27)17(25)10-15(13)16/h6-7,9-10,16H,5,8H2,1-4H3,(H,23,24)(H,26,27)/t16-/m0/s1. The number of carboxylic acid groups (broad SMARTS) is 1. The molecular formula is C22H23NO7. The molecule has 0 aliphatic heterocycles. The average Bonchev–Trinajstić information content (AvgIpc) is 2.95. The molecule has 0 unspecified atom stereocenters. The molecule has 30 heavy (non-hydrogen) atoms. The van der Waals surface area contributed by atoms with Crippen molar-refractivity contribution in [2.75, 3.05) is 21.3 Å². The second kappa shape index (κ2) is 8.44. The zero-order chi connectivity index (χ0) is 22.0. The number of rotatable bonds is 5. The van der Waals surface area contributed by atoms with E-state index >= 15 is 0 Å². The highest BCUT2D eigenvalue weighted by Crippen LogP contribution is 2.50. The molecule has 0 heterocycles. The first kappa shape index (κ1) is 21.2. The number of aromatic carboxylic acids is 1. The van der Waals surface area contributed by atoms with Gasteiger partial charge >= 0.3 is 5.97 Å². The summed E-state index contributed by atoms with van der Waals surface area (Å²) in [6.45, 7) is 1.40. The van der Waals surface area contributed by atoms with Crippen molar-refractivity contribution in [3.8, 4) is 28.4 Å². The summed E-state index contributed by atoms with van der Waals surface area (Å²) >= 11 is 0. The van der Waals surface area contributed by atoms with Gasteiger partial charge in [0.15, 0.2) is 16.9 Å². The highest BCUT2D eigenvalue weighted by molar-refractivity contribution is 5.89. The Balaban J connectivity index is 2.44. The summed E-state index contributed by atoms with van der Waals surface area (Å²) in [6, 6.07) is 5.49. The third kappa shape index (κ3) is 3.68. The molecule has 0 saturated carbocycles. The van der Waals surface area contributed by atoms with E-state index in [2.05, 4.69) is 5.32 Å². The van der Waals surface area contributed by atoms with E-state index in [9.17, 15) is 19.5 Å². The Bertz CT molecular complexity index is 1080. The molecule has 1 amide bonds. The van der Waals surface area contributed by atoms with Crippen molar-refractivity contribution in [3.63, 3.8) is 0 Å². The molecule has 8 nitrogen and oxygen atoms in total. The van der Waals surface area contributed by atoms with Gasteiger partial charge in [-0.15, -0.1) is 0 Å². The number of hydrogen-bond donors (Lipinski definition) is 2. The van der Waals surface area contributed by atoms with Crippen LogP contribution in [0.25, 0.3) is 11.1 Å². The smallest absolute Gasteiger partial charge is 0.339 e. The van der Waals surface area contributed by atoms with E-state index in [1.165, 1.54) is 40.4 Å². The summed E-state index contributed by atoms with van der Waals surface area (Å²) in [7, 11) is 4.52. The van der Waals surface area contributed by atoms with Gasteiger partial charge in [0.2, 0.25) is 11.7 Å². The van der Waals surface area contributed by atoms with Gasteiger partial charge in [0.25, 0.3) is 0 Å². The maximum absolute atomic E-state index is 12.6. The van der Waals surface area contributed by atoms with E-state index in [4.69, 9.17) is 14.2 Å². The van der Waals surface area contributed by atoms with Crippen molar-refractivity contribution in [3.05, 3.63) is 51.2 Å². The number of aryl methyl sites for hydroxylation is 1. The number of amides is 1. The predicted molar refractivity (Wildman–Crippen MR) is 110 cm³/mol. The van der Waals surface area contributed by atoms with Crippen LogP contribution in [0.1, 0.15) is 40.9 Å². The van der Waals surface area contributed by atoms with E-state index in [-0.39, 0.29) is 11.5 Å². The molecule has 0 saturated heterocycles. The number of ether oxygens (including phenoxy) is 3. The van der Waals surface area contributed by atoms with Gasteiger partial charge in [-0.25, -0.2) is 4.79 Å². The number of carbonyl (C=O) groups is 2. The zero-order valence-corrected chi connectivity index (χ0v) is 17.2. The van der Waals surface area contributed by atoms with Crippen LogP contribution >= 0.6 is 0 Å². The van der Waals surface area contributed by atoms with Crippen molar-refractivity contribution < 1.29 is 28.9 Å². The first-order valence-corrected chi connectivity index (χ1v) is 9.33. The molecule has 1 aliphatic carbocycles. The largest absolute Gasteiger partial charge is 0.493 e. The highest BCUT2D eigenvalue weighted by atomic mass is 16.5. The topological polar surface area (TPSA) is 111 Å². The normalized spacial score (nSPS) is 14.6. The molecule has 2 aromatic rings. The Morgan fingerprint density at radius 2 is 1.77 bits per heavy atom. The fourth-order valence-corrected chi connectivity index (χ4v) is 3.88. The van der Waals surface area contributed by atoms with Crippen LogP contribution in [-0.2, 0) is 11.2 Å². The molecule has 0 radical (unpaired) electrons. The van der Waals surface area contributed by atoms with E-state index < -0.39 is 17.4 Å². The predicted octanol–water partition coefficient (Wildman–Crippen LogP) is 2.56. The number of hydrogen-bond acceptors (Lipinski definition) is 6. The number of benzene rings is 1. The fraction of sp³-hybridized carbons (Fsp3) is 0.318. The molecule has 0 bridgehead atoms. The number of nitrogens with one attached hydrogen (secondary N) is 1. The molecule has 3 rings (SSSR count). The Hall–Kier alpha value is -3.55. The minimum atomic E-state index is -1.32. The molecule has 0 aromatic heterocycles. The minimum absolute atomic E-state index is 0.253. The van der Waals surface area contributed by atoms with Gasteiger partial charge in [-0.05, 0) is 47.7 Å². The van der Waals surface area contributed by atoms with Crippen LogP contribution in [-0.4, -0.2) is 38.3 Å². The Morgan fingerprint density at radius 1 is 1.07 bits per heavy atom. The van der Waals surface area contributed by atoms with Crippen LogP contribution in [0.5, 0.6) is 17.2 Å². The monoisotopic (exact) mass is 413 g/mol. The van der Waals surface area contributed by atoms with Crippen LogP contribution in [0.2, 0.25) is 0 Å². The van der Waals surface area contributed by atoms with Crippen LogP contribution in [0, 0.1) is 0 Å². The summed E-state index contributed by atoms with van der Waals surface area (Å²) in [4.78, 5) is 35.9. The van der Waals surface area contributed by atoms with E-state index in [1.807, 2.05) is 6.07 Å². The van der Waals surface area contributed by atoms with Crippen LogP contribution in [0.15, 0.2) is 29.1 Å². The Morgan fingerprint density at radius 3 is 2.33 bits per heavy atom. The van der Waals surface area contributed by atoms with E-state index in [1.54, 1.807) is 6.07 Å². The van der Waals surface area contributed by atoms with Crippen LogP contribution < -0.4 is 25.0 Å². The summed E-state index contributed by atoms with van der Waals surface area (Å²) < 4.78 is 16.6. The lowest BCUT2D eigenvalue weighted by Gasteiger charge is -2.19. The van der Waals surface area contributed by atoms with Gasteiger partial charge < -0.3 is 24.6 Å². The SMILES string of the molecule is COc1cc2c(c(OC)c1OC)-c1ccc(C(=O)O)c(=O)cc1[C@@H](NC(C)=O)CC2. The van der Waals surface area contributed by atoms with Gasteiger partial charge in [0.05, 0.1) is 27.4 Å². The lowest BCUT2D eigenvalue weighted by atomic mass is 9.95. The van der Waals surface area contributed by atoms with Crippen LogP contribution in [0.3, 0.4) is 0 Å². The maximum Gasteiger partial charge on any atom is 0.339 e. The van der Waals surface area contributed by atoms with Gasteiger partial charge in [0, 0.05) is 12.5 Å². The van der Waals surface area contributed by atoms with Gasteiger partial charge in [-0.2, -0.15) is 0 Å².